The summed E-state index contributed by atoms with van der Waals surface area (Å²) in [6, 6.07) is 6.75. The molecule has 2 N–H and O–H groups in total. The van der Waals surface area contributed by atoms with Crippen LogP contribution in [0.3, 0.4) is 0 Å². The van der Waals surface area contributed by atoms with E-state index in [1.54, 1.807) is 26.2 Å². The Kier molecular flexibility index (Phi) is 6.76. The van der Waals surface area contributed by atoms with E-state index < -0.39 is 6.04 Å². The minimum Gasteiger partial charge on any atom is -0.383 e. The van der Waals surface area contributed by atoms with Crippen LogP contribution in [-0.4, -0.2) is 37.6 Å². The van der Waals surface area contributed by atoms with Crippen molar-refractivity contribution >= 4 is 11.8 Å². The van der Waals surface area contributed by atoms with Gasteiger partial charge in [0.25, 0.3) is 5.91 Å². The molecule has 0 aromatic heterocycles. The van der Waals surface area contributed by atoms with Crippen molar-refractivity contribution in [2.75, 3.05) is 13.7 Å². The molecule has 1 rings (SSSR count). The van der Waals surface area contributed by atoms with E-state index in [-0.39, 0.29) is 23.3 Å². The maximum absolute atomic E-state index is 12.2. The molecule has 0 fully saturated rings. The topological polar surface area (TPSA) is 67.4 Å². The van der Waals surface area contributed by atoms with Gasteiger partial charge in [-0.05, 0) is 37.0 Å². The van der Waals surface area contributed by atoms with Gasteiger partial charge in [0.05, 0.1) is 6.61 Å². The second kappa shape index (κ2) is 8.11. The van der Waals surface area contributed by atoms with Crippen molar-refractivity contribution in [2.24, 2.45) is 0 Å². The first kappa shape index (κ1) is 19.2. The van der Waals surface area contributed by atoms with Crippen molar-refractivity contribution in [2.45, 2.75) is 52.1 Å². The van der Waals surface area contributed by atoms with Crippen LogP contribution in [0.5, 0.6) is 0 Å². The van der Waals surface area contributed by atoms with Gasteiger partial charge in [-0.25, -0.2) is 0 Å². The van der Waals surface area contributed by atoms with Gasteiger partial charge in [0, 0.05) is 18.7 Å². The summed E-state index contributed by atoms with van der Waals surface area (Å²) >= 11 is 0. The Morgan fingerprint density at radius 2 is 1.65 bits per heavy atom. The lowest BCUT2D eigenvalue weighted by Crippen LogP contribution is -2.48. The first-order chi connectivity index (χ1) is 10.6. The molecule has 0 radical (unpaired) electrons. The van der Waals surface area contributed by atoms with Gasteiger partial charge in [-0.3, -0.25) is 9.59 Å². The van der Waals surface area contributed by atoms with Crippen LogP contribution in [0.25, 0.3) is 0 Å². The number of amides is 2. The summed E-state index contributed by atoms with van der Waals surface area (Å²) in [5.41, 5.74) is 1.75. The zero-order chi connectivity index (χ0) is 17.6. The van der Waals surface area contributed by atoms with Crippen molar-refractivity contribution in [3.8, 4) is 0 Å². The van der Waals surface area contributed by atoms with E-state index in [9.17, 15) is 9.59 Å². The number of methoxy groups -OCH3 is 1. The molecule has 23 heavy (non-hydrogen) atoms. The Hall–Kier alpha value is -1.88. The third-order valence-corrected chi connectivity index (χ3v) is 3.56. The standard InChI is InChI=1S/C18H28N2O3/c1-12(11-23-6)19-16(21)13(2)20-17(22)14-7-9-15(10-8-14)18(3,4)5/h7-10,12-13H,11H2,1-6H3,(H,19,21)(H,20,22). The first-order valence-corrected chi connectivity index (χ1v) is 7.86. The van der Waals surface area contributed by atoms with Crippen LogP contribution in [0.1, 0.15) is 50.5 Å². The molecule has 1 aromatic rings. The molecule has 0 bridgehead atoms. The lowest BCUT2D eigenvalue weighted by molar-refractivity contribution is -0.123. The fourth-order valence-corrected chi connectivity index (χ4v) is 2.13. The molecule has 1 aromatic carbocycles. The second-order valence-electron chi connectivity index (χ2n) is 6.89. The van der Waals surface area contributed by atoms with Crippen LogP contribution < -0.4 is 10.6 Å². The Labute approximate surface area is 138 Å². The van der Waals surface area contributed by atoms with Crippen LogP contribution in [0.4, 0.5) is 0 Å². The molecule has 0 spiro atoms. The zero-order valence-electron chi connectivity index (χ0n) is 14.9. The number of hydrogen-bond acceptors (Lipinski definition) is 3. The van der Waals surface area contributed by atoms with Gasteiger partial charge in [0.1, 0.15) is 6.04 Å². The number of hydrogen-bond donors (Lipinski definition) is 2. The summed E-state index contributed by atoms with van der Waals surface area (Å²) in [7, 11) is 1.58. The smallest absolute Gasteiger partial charge is 0.251 e. The van der Waals surface area contributed by atoms with E-state index >= 15 is 0 Å². The van der Waals surface area contributed by atoms with Crippen molar-refractivity contribution in [3.63, 3.8) is 0 Å². The lowest BCUT2D eigenvalue weighted by Gasteiger charge is -2.20. The highest BCUT2D eigenvalue weighted by Gasteiger charge is 2.19. The summed E-state index contributed by atoms with van der Waals surface area (Å²) in [6.07, 6.45) is 0. The Morgan fingerprint density at radius 3 is 2.13 bits per heavy atom. The third-order valence-electron chi connectivity index (χ3n) is 3.56. The lowest BCUT2D eigenvalue weighted by atomic mass is 9.86. The van der Waals surface area contributed by atoms with Crippen LogP contribution in [0, 0.1) is 0 Å². The van der Waals surface area contributed by atoms with Crippen molar-refractivity contribution in [3.05, 3.63) is 35.4 Å². The SMILES string of the molecule is COCC(C)NC(=O)C(C)NC(=O)c1ccc(C(C)(C)C)cc1. The molecule has 5 nitrogen and oxygen atoms in total. The number of rotatable bonds is 6. The maximum Gasteiger partial charge on any atom is 0.251 e. The molecule has 2 atom stereocenters. The summed E-state index contributed by atoms with van der Waals surface area (Å²) in [4.78, 5) is 24.2. The molecule has 2 unspecified atom stereocenters. The number of carbonyl (C=O) groups is 2. The van der Waals surface area contributed by atoms with Crippen LogP contribution in [-0.2, 0) is 14.9 Å². The Bertz CT molecular complexity index is 532. The largest absolute Gasteiger partial charge is 0.383 e. The fraction of sp³-hybridized carbons (Fsp3) is 0.556. The molecular formula is C18H28N2O3. The predicted octanol–water partition coefficient (Wildman–Crippen LogP) is 2.25. The molecule has 0 aliphatic rings. The summed E-state index contributed by atoms with van der Waals surface area (Å²) in [5.74, 6) is -0.485. The van der Waals surface area contributed by atoms with E-state index in [0.29, 0.717) is 12.2 Å². The van der Waals surface area contributed by atoms with E-state index in [0.717, 1.165) is 5.56 Å². The van der Waals surface area contributed by atoms with Crippen LogP contribution in [0.15, 0.2) is 24.3 Å². The summed E-state index contributed by atoms with van der Waals surface area (Å²) in [5, 5.41) is 5.50. The second-order valence-corrected chi connectivity index (χ2v) is 6.89. The predicted molar refractivity (Wildman–Crippen MR) is 91.6 cm³/mol. The molecule has 2 amide bonds. The van der Waals surface area contributed by atoms with Gasteiger partial charge in [0.2, 0.25) is 5.91 Å². The highest BCUT2D eigenvalue weighted by molar-refractivity contribution is 5.97. The molecule has 5 heteroatoms. The molecule has 128 valence electrons. The minimum absolute atomic E-state index is 0.0413. The number of nitrogens with one attached hydrogen (secondary N) is 2. The molecule has 0 saturated carbocycles. The maximum atomic E-state index is 12.2. The molecule has 0 saturated heterocycles. The normalized spacial score (nSPS) is 14.0. The average molecular weight is 320 g/mol. The van der Waals surface area contributed by atoms with Crippen molar-refractivity contribution < 1.29 is 14.3 Å². The van der Waals surface area contributed by atoms with Gasteiger partial charge in [-0.2, -0.15) is 0 Å². The minimum atomic E-state index is -0.607. The van der Waals surface area contributed by atoms with Gasteiger partial charge in [0.15, 0.2) is 0 Å². The van der Waals surface area contributed by atoms with E-state index in [4.69, 9.17) is 4.74 Å². The molecular weight excluding hydrogens is 292 g/mol. The van der Waals surface area contributed by atoms with Crippen molar-refractivity contribution in [1.29, 1.82) is 0 Å². The van der Waals surface area contributed by atoms with Gasteiger partial charge in [-0.15, -0.1) is 0 Å². The monoisotopic (exact) mass is 320 g/mol. The van der Waals surface area contributed by atoms with Crippen LogP contribution >= 0.6 is 0 Å². The van der Waals surface area contributed by atoms with Gasteiger partial charge < -0.3 is 15.4 Å². The molecule has 0 aliphatic carbocycles. The van der Waals surface area contributed by atoms with Gasteiger partial charge in [-0.1, -0.05) is 32.9 Å². The average Bonchev–Trinajstić information content (AvgIpc) is 2.46. The highest BCUT2D eigenvalue weighted by atomic mass is 16.5. The Morgan fingerprint density at radius 1 is 1.09 bits per heavy atom. The van der Waals surface area contributed by atoms with Crippen molar-refractivity contribution in [1.82, 2.24) is 10.6 Å². The Balaban J connectivity index is 2.63. The fourth-order valence-electron chi connectivity index (χ4n) is 2.13. The number of carbonyl (C=O) groups excluding carboxylic acids is 2. The molecule has 0 heterocycles. The number of benzene rings is 1. The first-order valence-electron chi connectivity index (χ1n) is 7.86. The quantitative estimate of drug-likeness (QED) is 0.845. The number of ether oxygens (including phenoxy) is 1. The van der Waals surface area contributed by atoms with E-state index in [2.05, 4.69) is 31.4 Å². The zero-order valence-corrected chi connectivity index (χ0v) is 14.9. The van der Waals surface area contributed by atoms with E-state index in [1.165, 1.54) is 0 Å². The summed E-state index contributed by atoms with van der Waals surface area (Å²) < 4.78 is 4.97. The van der Waals surface area contributed by atoms with Crippen LogP contribution in [0.2, 0.25) is 0 Å². The summed E-state index contributed by atoms with van der Waals surface area (Å²) in [6.45, 7) is 10.3. The molecule has 0 aliphatic heterocycles. The third kappa shape index (κ3) is 6.02. The highest BCUT2D eigenvalue weighted by Crippen LogP contribution is 2.22. The van der Waals surface area contributed by atoms with E-state index in [1.807, 2.05) is 19.1 Å². The van der Waals surface area contributed by atoms with Gasteiger partial charge >= 0.3 is 0 Å².